The van der Waals surface area contributed by atoms with Crippen LogP contribution < -0.4 is 80.7 Å². The number of rotatable bonds is 6. The molecule has 0 radical (unpaired) electrons. The first-order valence-corrected chi connectivity index (χ1v) is 33.5. The SMILES string of the molecule is CSC1=N[NH+](C)C2=C1C(=N)N(c1ccccc1)C1SCC(CBr)N21.CSC1=N[NH+](C)C2=C1C(=N)N(c1ccccc1)C1SCC(CBr)N21.CSC1=N[NH+](C)C2=C1C(=N)N(c1ccccc1)C1SCC(CBr)N21.[Br-].[Br-].[Br-]. The van der Waals surface area contributed by atoms with Gasteiger partial charge in [-0.15, -0.1) is 70.6 Å². The van der Waals surface area contributed by atoms with Crippen molar-refractivity contribution < 1.29 is 66.0 Å². The molecule has 15 nitrogen and oxygen atoms in total. The molecule has 6 N–H and O–H groups in total. The predicted molar refractivity (Wildman–Crippen MR) is 322 cm³/mol. The fourth-order valence-electron chi connectivity index (χ4n) is 10.3. The van der Waals surface area contributed by atoms with Gasteiger partial charge in [-0.05, 0) is 55.2 Å². The van der Waals surface area contributed by atoms with Crippen LogP contribution in [0.3, 0.4) is 0 Å². The lowest BCUT2D eigenvalue weighted by atomic mass is 10.1. The topological polar surface area (TPSA) is 141 Å². The molecule has 402 valence electrons. The molecule has 0 aromatic heterocycles. The van der Waals surface area contributed by atoms with Crippen molar-refractivity contribution in [2.24, 2.45) is 15.3 Å². The molecule has 0 spiro atoms. The average molecular weight is 1520 g/mol. The Bertz CT molecular complexity index is 2520. The van der Waals surface area contributed by atoms with Crippen LogP contribution in [0.4, 0.5) is 17.1 Å². The number of benzene rings is 3. The molecule has 0 aliphatic carbocycles. The van der Waals surface area contributed by atoms with Crippen LogP contribution in [0.2, 0.25) is 0 Å². The highest BCUT2D eigenvalue weighted by Gasteiger charge is 2.55. The Morgan fingerprint density at radius 3 is 0.920 bits per heavy atom. The summed E-state index contributed by atoms with van der Waals surface area (Å²) in [6.45, 7) is 0. The van der Waals surface area contributed by atoms with Gasteiger partial charge >= 0.3 is 0 Å². The van der Waals surface area contributed by atoms with Crippen molar-refractivity contribution >= 4 is 168 Å². The lowest BCUT2D eigenvalue weighted by Crippen LogP contribution is -3.03. The van der Waals surface area contributed by atoms with Crippen molar-refractivity contribution in [3.63, 3.8) is 0 Å². The third kappa shape index (κ3) is 11.0. The number of quaternary nitrogens is 3. The molecule has 9 unspecified atom stereocenters. The van der Waals surface area contributed by atoms with E-state index in [9.17, 15) is 0 Å². The van der Waals surface area contributed by atoms with Crippen molar-refractivity contribution in [2.75, 3.05) is 87.9 Å². The molecule has 75 heavy (non-hydrogen) atoms. The summed E-state index contributed by atoms with van der Waals surface area (Å²) in [7, 11) is 6.19. The molecule has 27 heteroatoms. The first-order valence-electron chi connectivity index (χ1n) is 23.3. The third-order valence-corrected chi connectivity index (χ3v) is 21.7. The first-order chi connectivity index (χ1) is 35.0. The van der Waals surface area contributed by atoms with Crippen molar-refractivity contribution in [1.82, 2.24) is 14.7 Å². The standard InChI is InChI=1S/3C16H18BrN5S2.3BrH/c3*1-20-15-12(14(19-20)23-2)13(18)21(10-6-4-3-5-7-10)16-22(15)11(8-17)9-24-16;;;/h3*3-7,11,16,18H,8-9H2,1-2H3;3*1H. The van der Waals surface area contributed by atoms with Gasteiger partial charge in [0.2, 0.25) is 17.5 Å². The van der Waals surface area contributed by atoms with Gasteiger partial charge in [-0.25, -0.2) is 0 Å². The highest BCUT2D eigenvalue weighted by Crippen LogP contribution is 2.46. The fraction of sp³-hybridized carbons (Fsp3) is 0.375. The number of hydrogen-bond donors (Lipinski definition) is 6. The molecule has 3 aromatic rings. The summed E-state index contributed by atoms with van der Waals surface area (Å²) < 4.78 is 0. The van der Waals surface area contributed by atoms with E-state index in [1.54, 1.807) is 35.3 Å². The summed E-state index contributed by atoms with van der Waals surface area (Å²) in [5.41, 5.74) is 6.49. The van der Waals surface area contributed by atoms with Crippen LogP contribution in [-0.2, 0) is 0 Å². The van der Waals surface area contributed by atoms with E-state index in [0.717, 1.165) is 115 Å². The van der Waals surface area contributed by atoms with Crippen LogP contribution in [0.25, 0.3) is 0 Å². The molecular formula is C48H57Br6N15S6. The minimum Gasteiger partial charge on any atom is -1.00 e. The number of anilines is 3. The Balaban J connectivity index is 0.000000161. The molecule has 3 fully saturated rings. The number of hydrogen-bond acceptors (Lipinski definition) is 15. The van der Waals surface area contributed by atoms with Gasteiger partial charge in [-0.2, -0.15) is 15.0 Å². The van der Waals surface area contributed by atoms with E-state index < -0.39 is 0 Å². The second kappa shape index (κ2) is 26.4. The van der Waals surface area contributed by atoms with E-state index in [1.165, 1.54) is 0 Å². The summed E-state index contributed by atoms with van der Waals surface area (Å²) in [6, 6.07) is 32.0. The van der Waals surface area contributed by atoms with Crippen molar-refractivity contribution in [3.8, 4) is 0 Å². The van der Waals surface area contributed by atoms with Crippen molar-refractivity contribution in [1.29, 1.82) is 16.2 Å². The van der Waals surface area contributed by atoms with Gasteiger partial charge in [0.15, 0.2) is 31.6 Å². The van der Waals surface area contributed by atoms with E-state index in [2.05, 4.69) is 135 Å². The van der Waals surface area contributed by atoms with E-state index in [0.29, 0.717) is 35.6 Å². The zero-order valence-electron chi connectivity index (χ0n) is 41.6. The van der Waals surface area contributed by atoms with Crippen LogP contribution >= 0.6 is 118 Å². The largest absolute Gasteiger partial charge is 1.00 e. The van der Waals surface area contributed by atoms with Crippen LogP contribution in [0, 0.1) is 16.2 Å². The molecule has 9 heterocycles. The van der Waals surface area contributed by atoms with Crippen LogP contribution in [0.15, 0.2) is 140 Å². The molecule has 12 rings (SSSR count). The van der Waals surface area contributed by atoms with Gasteiger partial charge in [0.05, 0.1) is 39.3 Å². The molecule has 0 saturated carbocycles. The van der Waals surface area contributed by atoms with Crippen molar-refractivity contribution in [3.05, 3.63) is 125 Å². The van der Waals surface area contributed by atoms with E-state index in [1.807, 2.05) is 109 Å². The Kier molecular flexibility index (Phi) is 21.6. The second-order valence-electron chi connectivity index (χ2n) is 17.6. The molecule has 3 saturated heterocycles. The minimum absolute atomic E-state index is 0. The minimum atomic E-state index is 0. The van der Waals surface area contributed by atoms with Crippen molar-refractivity contribution in [2.45, 2.75) is 34.6 Å². The Hall–Kier alpha value is -1.44. The van der Waals surface area contributed by atoms with Crippen LogP contribution in [0.1, 0.15) is 0 Å². The van der Waals surface area contributed by atoms with Crippen LogP contribution in [0.5, 0.6) is 0 Å². The fourth-order valence-corrected chi connectivity index (χ4v) is 19.2. The Labute approximate surface area is 522 Å². The number of alkyl halides is 3. The van der Waals surface area contributed by atoms with Gasteiger partial charge in [0, 0.05) is 50.3 Å². The average Bonchev–Trinajstić information content (AvgIpc) is 4.28. The zero-order chi connectivity index (χ0) is 50.5. The van der Waals surface area contributed by atoms with E-state index in [4.69, 9.17) is 31.5 Å². The van der Waals surface area contributed by atoms with Gasteiger partial charge < -0.3 is 50.9 Å². The van der Waals surface area contributed by atoms with Gasteiger partial charge in [-0.3, -0.25) is 45.6 Å². The summed E-state index contributed by atoms with van der Waals surface area (Å²) in [5.74, 6) is 8.27. The Morgan fingerprint density at radius 1 is 0.467 bits per heavy atom. The number of para-hydroxylation sites is 3. The van der Waals surface area contributed by atoms with Gasteiger partial charge in [-0.1, -0.05) is 118 Å². The van der Waals surface area contributed by atoms with Crippen LogP contribution in [-0.4, -0.2) is 155 Å². The quantitative estimate of drug-likeness (QED) is 0.141. The van der Waals surface area contributed by atoms with E-state index >= 15 is 0 Å². The number of fused-ring (bicyclic) bond motifs is 6. The first kappa shape index (κ1) is 61.2. The molecule has 9 atom stereocenters. The summed E-state index contributed by atoms with van der Waals surface area (Å²) in [5, 5.41) is 49.7. The zero-order valence-corrected chi connectivity index (χ0v) is 56.0. The van der Waals surface area contributed by atoms with Gasteiger partial charge in [0.1, 0.15) is 34.2 Å². The number of nitrogens with one attached hydrogen (secondary N) is 6. The molecule has 9 aliphatic heterocycles. The monoisotopic (exact) mass is 1510 g/mol. The van der Waals surface area contributed by atoms with E-state index in [-0.39, 0.29) is 67.4 Å². The second-order valence-corrected chi connectivity index (χ2v) is 25.2. The number of thioether (sulfide) groups is 6. The maximum absolute atomic E-state index is 8.92. The normalized spacial score (nSPS) is 27.9. The number of nitrogens with zero attached hydrogens (tertiary/aromatic N) is 9. The summed E-state index contributed by atoms with van der Waals surface area (Å²) in [4.78, 5) is 13.8. The molecule has 0 bridgehead atoms. The number of amidine groups is 3. The lowest BCUT2D eigenvalue weighted by molar-refractivity contribution is -0.853. The molecule has 0 amide bonds. The maximum Gasteiger partial charge on any atom is 0.245 e. The maximum atomic E-state index is 8.92. The third-order valence-electron chi connectivity index (χ3n) is 13.5. The Morgan fingerprint density at radius 2 is 0.707 bits per heavy atom. The molecule has 9 aliphatic rings. The summed E-state index contributed by atoms with van der Waals surface area (Å²) in [6.07, 6.45) is 6.11. The smallest absolute Gasteiger partial charge is 0.245 e. The molecular weight excluding hydrogens is 1460 g/mol. The highest BCUT2D eigenvalue weighted by atomic mass is 79.9. The highest BCUT2D eigenvalue weighted by molar-refractivity contribution is 9.09. The lowest BCUT2D eigenvalue weighted by Gasteiger charge is -2.42. The predicted octanol–water partition coefficient (Wildman–Crippen LogP) is -3.00. The summed E-state index contributed by atoms with van der Waals surface area (Å²) >= 11 is 21.6. The number of halogens is 6. The molecule has 3 aromatic carbocycles. The van der Waals surface area contributed by atoms with Gasteiger partial charge in [0.25, 0.3) is 0 Å².